The Morgan fingerprint density at radius 2 is 1.10 bits per heavy atom. The molecular formula is C9H10O. The van der Waals surface area contributed by atoms with Crippen molar-refractivity contribution in [2.45, 2.75) is 6.10 Å². The Morgan fingerprint density at radius 1 is 0.700 bits per heavy atom. The number of aliphatic hydroxyl groups excluding tert-OH is 1. The molecular weight excluding hydrogens is 124 g/mol. The van der Waals surface area contributed by atoms with Gasteiger partial charge in [-0.25, -0.2) is 0 Å². The molecule has 1 heteroatoms. The van der Waals surface area contributed by atoms with Crippen LogP contribution in [0.4, 0.5) is 0 Å². The van der Waals surface area contributed by atoms with E-state index in [9.17, 15) is 5.11 Å². The number of fused-ring (bicyclic) bond motifs is 3. The zero-order valence-electron chi connectivity index (χ0n) is 5.64. The summed E-state index contributed by atoms with van der Waals surface area (Å²) < 4.78 is 0. The van der Waals surface area contributed by atoms with Crippen LogP contribution in [0.2, 0.25) is 0 Å². The molecule has 0 aromatic carbocycles. The summed E-state index contributed by atoms with van der Waals surface area (Å²) >= 11 is 0. The van der Waals surface area contributed by atoms with Gasteiger partial charge in [0.25, 0.3) is 0 Å². The van der Waals surface area contributed by atoms with Gasteiger partial charge in [0.15, 0.2) is 0 Å². The lowest BCUT2D eigenvalue weighted by atomic mass is 9.76. The van der Waals surface area contributed by atoms with Gasteiger partial charge in [-0.05, 0) is 11.8 Å². The summed E-state index contributed by atoms with van der Waals surface area (Å²) in [7, 11) is 0. The molecule has 1 fully saturated rings. The average molecular weight is 134 g/mol. The van der Waals surface area contributed by atoms with Crippen LogP contribution >= 0.6 is 0 Å². The van der Waals surface area contributed by atoms with Crippen molar-refractivity contribution in [3.8, 4) is 0 Å². The molecule has 0 amide bonds. The van der Waals surface area contributed by atoms with E-state index in [1.807, 2.05) is 0 Å². The minimum absolute atomic E-state index is 0.0648. The van der Waals surface area contributed by atoms with Crippen LogP contribution in [0.15, 0.2) is 24.3 Å². The highest BCUT2D eigenvalue weighted by atomic mass is 16.3. The number of allylic oxidation sites excluding steroid dienone is 2. The van der Waals surface area contributed by atoms with Gasteiger partial charge in [-0.1, -0.05) is 24.3 Å². The van der Waals surface area contributed by atoms with Gasteiger partial charge < -0.3 is 5.11 Å². The lowest BCUT2D eigenvalue weighted by Gasteiger charge is -2.28. The third-order valence-corrected chi connectivity index (χ3v) is 3.23. The molecule has 10 heavy (non-hydrogen) atoms. The van der Waals surface area contributed by atoms with Gasteiger partial charge in [0.2, 0.25) is 0 Å². The Hall–Kier alpha value is -0.560. The van der Waals surface area contributed by atoms with E-state index < -0.39 is 0 Å². The van der Waals surface area contributed by atoms with E-state index in [-0.39, 0.29) is 6.10 Å². The molecule has 0 aromatic heterocycles. The molecule has 0 radical (unpaired) electrons. The minimum atomic E-state index is -0.0648. The molecule has 0 spiro atoms. The molecule has 0 aromatic rings. The Balaban J connectivity index is 2.02. The fraction of sp³-hybridized carbons (Fsp3) is 0.556. The molecule has 52 valence electrons. The summed E-state index contributed by atoms with van der Waals surface area (Å²) in [5.74, 6) is 2.35. The number of aliphatic hydroxyl groups is 1. The Bertz CT molecular complexity index is 205. The third-order valence-electron chi connectivity index (χ3n) is 3.23. The van der Waals surface area contributed by atoms with E-state index in [2.05, 4.69) is 24.3 Å². The van der Waals surface area contributed by atoms with Gasteiger partial charge in [-0.2, -0.15) is 0 Å². The van der Waals surface area contributed by atoms with E-state index in [1.165, 1.54) is 0 Å². The molecule has 3 aliphatic rings. The molecule has 0 bridgehead atoms. The van der Waals surface area contributed by atoms with Crippen molar-refractivity contribution >= 4 is 0 Å². The van der Waals surface area contributed by atoms with E-state index in [0.717, 1.165) is 0 Å². The molecule has 1 saturated carbocycles. The molecule has 3 rings (SSSR count). The fourth-order valence-corrected chi connectivity index (χ4v) is 2.44. The van der Waals surface area contributed by atoms with Gasteiger partial charge in [0.05, 0.1) is 6.10 Å². The molecule has 0 aliphatic heterocycles. The maximum Gasteiger partial charge on any atom is 0.0677 e. The number of rotatable bonds is 0. The maximum absolute atomic E-state index is 9.61. The second-order valence-electron chi connectivity index (χ2n) is 3.57. The first kappa shape index (κ1) is 5.14. The largest absolute Gasteiger partial charge is 0.392 e. The molecule has 1 nitrogen and oxygen atoms in total. The van der Waals surface area contributed by atoms with Crippen molar-refractivity contribution in [1.29, 1.82) is 0 Å². The molecule has 1 N–H and O–H groups in total. The van der Waals surface area contributed by atoms with Crippen molar-refractivity contribution in [3.05, 3.63) is 24.3 Å². The maximum atomic E-state index is 9.61. The van der Waals surface area contributed by atoms with E-state index in [1.54, 1.807) is 0 Å². The Labute approximate surface area is 60.1 Å². The van der Waals surface area contributed by atoms with E-state index >= 15 is 0 Å². The summed E-state index contributed by atoms with van der Waals surface area (Å²) in [5.41, 5.74) is 0. The van der Waals surface area contributed by atoms with Crippen molar-refractivity contribution in [2.24, 2.45) is 23.7 Å². The van der Waals surface area contributed by atoms with Crippen LogP contribution in [0.5, 0.6) is 0 Å². The highest BCUT2D eigenvalue weighted by molar-refractivity contribution is 5.30. The first-order valence-corrected chi connectivity index (χ1v) is 3.92. The molecule has 0 heterocycles. The van der Waals surface area contributed by atoms with Gasteiger partial charge in [-0.3, -0.25) is 0 Å². The first-order chi connectivity index (χ1) is 4.88. The second kappa shape index (κ2) is 1.37. The predicted molar refractivity (Wildman–Crippen MR) is 38.2 cm³/mol. The number of hydrogen-bond donors (Lipinski definition) is 1. The lowest BCUT2D eigenvalue weighted by molar-refractivity contribution is 0.111. The zero-order chi connectivity index (χ0) is 6.72. The molecule has 4 atom stereocenters. The summed E-state index contributed by atoms with van der Waals surface area (Å²) in [6.07, 6.45) is 8.71. The fourth-order valence-electron chi connectivity index (χ4n) is 2.44. The van der Waals surface area contributed by atoms with Crippen molar-refractivity contribution in [2.75, 3.05) is 0 Å². The lowest BCUT2D eigenvalue weighted by Crippen LogP contribution is -2.24. The zero-order valence-corrected chi connectivity index (χ0v) is 5.64. The highest BCUT2D eigenvalue weighted by Crippen LogP contribution is 2.53. The standard InChI is InChI=1S/C9H10O/c10-9-7-3-1-5(7)6-2-4-8(6)9/h1-10H. The van der Waals surface area contributed by atoms with Crippen LogP contribution in [0.3, 0.4) is 0 Å². The molecule has 0 saturated heterocycles. The monoisotopic (exact) mass is 134 g/mol. The quantitative estimate of drug-likeness (QED) is 0.489. The summed E-state index contributed by atoms with van der Waals surface area (Å²) in [4.78, 5) is 0. The van der Waals surface area contributed by atoms with Crippen LogP contribution in [0, 0.1) is 23.7 Å². The van der Waals surface area contributed by atoms with Crippen molar-refractivity contribution in [3.63, 3.8) is 0 Å². The highest BCUT2D eigenvalue weighted by Gasteiger charge is 2.51. The SMILES string of the molecule is OC1C2C=CC2C2C=CC12. The molecule has 4 unspecified atom stereocenters. The minimum Gasteiger partial charge on any atom is -0.392 e. The number of hydrogen-bond acceptors (Lipinski definition) is 1. The Morgan fingerprint density at radius 3 is 1.30 bits per heavy atom. The summed E-state index contributed by atoms with van der Waals surface area (Å²) in [6, 6.07) is 0. The van der Waals surface area contributed by atoms with Crippen LogP contribution in [0.25, 0.3) is 0 Å². The predicted octanol–water partition coefficient (Wildman–Crippen LogP) is 0.965. The first-order valence-electron chi connectivity index (χ1n) is 3.92. The smallest absolute Gasteiger partial charge is 0.0677 e. The van der Waals surface area contributed by atoms with Crippen LogP contribution in [0.1, 0.15) is 0 Å². The van der Waals surface area contributed by atoms with Crippen molar-refractivity contribution < 1.29 is 5.11 Å². The van der Waals surface area contributed by atoms with Gasteiger partial charge in [0, 0.05) is 11.8 Å². The summed E-state index contributed by atoms with van der Waals surface area (Å²) in [5, 5.41) is 9.61. The van der Waals surface area contributed by atoms with Gasteiger partial charge in [-0.15, -0.1) is 0 Å². The Kier molecular flexibility index (Phi) is 0.706. The van der Waals surface area contributed by atoms with Gasteiger partial charge >= 0.3 is 0 Å². The molecule has 3 aliphatic carbocycles. The van der Waals surface area contributed by atoms with Crippen LogP contribution in [-0.2, 0) is 0 Å². The van der Waals surface area contributed by atoms with E-state index in [4.69, 9.17) is 0 Å². The summed E-state index contributed by atoms with van der Waals surface area (Å²) in [6.45, 7) is 0. The normalized spacial score (nSPS) is 60.7. The van der Waals surface area contributed by atoms with Crippen LogP contribution in [-0.4, -0.2) is 11.2 Å². The van der Waals surface area contributed by atoms with E-state index in [0.29, 0.717) is 23.7 Å². The average Bonchev–Trinajstić information content (AvgIpc) is 1.84. The van der Waals surface area contributed by atoms with Crippen molar-refractivity contribution in [1.82, 2.24) is 0 Å². The second-order valence-corrected chi connectivity index (χ2v) is 3.57. The topological polar surface area (TPSA) is 20.2 Å². The third kappa shape index (κ3) is 0.356. The van der Waals surface area contributed by atoms with Gasteiger partial charge in [0.1, 0.15) is 0 Å². The van der Waals surface area contributed by atoms with Crippen LogP contribution < -0.4 is 0 Å².